The van der Waals surface area contributed by atoms with Gasteiger partial charge in [0, 0.05) is 18.6 Å². The molecule has 102 valence electrons. The average Bonchev–Trinajstić information content (AvgIpc) is 2.91. The number of nitrogens with one attached hydrogen (secondary N) is 1. The van der Waals surface area contributed by atoms with Crippen molar-refractivity contribution in [2.45, 2.75) is 4.90 Å². The van der Waals surface area contributed by atoms with Crippen LogP contribution in [0.15, 0.2) is 46.3 Å². The van der Waals surface area contributed by atoms with Crippen molar-refractivity contribution in [3.63, 3.8) is 0 Å². The van der Waals surface area contributed by atoms with Crippen molar-refractivity contribution in [3.05, 3.63) is 47.0 Å². The van der Waals surface area contributed by atoms with E-state index in [4.69, 9.17) is 0 Å². The maximum atomic E-state index is 12.0. The van der Waals surface area contributed by atoms with Gasteiger partial charge in [0.1, 0.15) is 0 Å². The average molecular weight is 290 g/mol. The standard InChI is InChI=1S/C12H10N4O3S/c1-20(18,19)8-3-4-10-9(7-8)11(17)15-12(14-10)16-6-2-5-13-16/h2-7H,1H3,(H,14,15,17). The summed E-state index contributed by atoms with van der Waals surface area (Å²) >= 11 is 0. The molecule has 0 aliphatic heterocycles. The fourth-order valence-electron chi connectivity index (χ4n) is 1.84. The Hall–Kier alpha value is -2.48. The highest BCUT2D eigenvalue weighted by Crippen LogP contribution is 2.15. The Balaban J connectivity index is 2.28. The van der Waals surface area contributed by atoms with Crippen LogP contribution in [-0.2, 0) is 9.84 Å². The van der Waals surface area contributed by atoms with Crippen LogP contribution < -0.4 is 5.56 Å². The van der Waals surface area contributed by atoms with Gasteiger partial charge in [-0.25, -0.2) is 18.1 Å². The molecule has 0 radical (unpaired) electrons. The number of rotatable bonds is 2. The van der Waals surface area contributed by atoms with Crippen LogP contribution >= 0.6 is 0 Å². The second-order valence-electron chi connectivity index (χ2n) is 4.29. The molecule has 0 saturated carbocycles. The van der Waals surface area contributed by atoms with E-state index in [1.807, 2.05) is 0 Å². The Morgan fingerprint density at radius 1 is 1.30 bits per heavy atom. The van der Waals surface area contributed by atoms with Crippen molar-refractivity contribution >= 4 is 20.7 Å². The number of aromatic amines is 1. The zero-order valence-corrected chi connectivity index (χ0v) is 11.3. The van der Waals surface area contributed by atoms with Crippen LogP contribution in [0.2, 0.25) is 0 Å². The number of H-pyrrole nitrogens is 1. The van der Waals surface area contributed by atoms with E-state index >= 15 is 0 Å². The van der Waals surface area contributed by atoms with Crippen LogP contribution in [0.4, 0.5) is 0 Å². The molecule has 7 nitrogen and oxygen atoms in total. The summed E-state index contributed by atoms with van der Waals surface area (Å²) in [7, 11) is -3.36. The summed E-state index contributed by atoms with van der Waals surface area (Å²) in [6, 6.07) is 5.96. The normalized spacial score (nSPS) is 11.8. The summed E-state index contributed by atoms with van der Waals surface area (Å²) in [6.45, 7) is 0. The summed E-state index contributed by atoms with van der Waals surface area (Å²) in [4.78, 5) is 19.0. The molecule has 0 aliphatic carbocycles. The predicted molar refractivity (Wildman–Crippen MR) is 72.6 cm³/mol. The first-order chi connectivity index (χ1) is 9.45. The molecule has 0 spiro atoms. The third-order valence-corrected chi connectivity index (χ3v) is 3.92. The van der Waals surface area contributed by atoms with E-state index in [0.717, 1.165) is 6.26 Å². The van der Waals surface area contributed by atoms with Crippen molar-refractivity contribution in [2.75, 3.05) is 6.26 Å². The second-order valence-corrected chi connectivity index (χ2v) is 6.31. The third-order valence-electron chi connectivity index (χ3n) is 2.81. The minimum atomic E-state index is -3.36. The quantitative estimate of drug-likeness (QED) is 0.741. The lowest BCUT2D eigenvalue weighted by Crippen LogP contribution is -2.14. The lowest BCUT2D eigenvalue weighted by molar-refractivity contribution is 0.602. The Labute approximate surface area is 113 Å². The first kappa shape index (κ1) is 12.5. The highest BCUT2D eigenvalue weighted by atomic mass is 32.2. The second kappa shape index (κ2) is 4.27. The van der Waals surface area contributed by atoms with Gasteiger partial charge in [-0.15, -0.1) is 0 Å². The molecule has 0 amide bonds. The van der Waals surface area contributed by atoms with Gasteiger partial charge in [0.15, 0.2) is 9.84 Å². The van der Waals surface area contributed by atoms with Gasteiger partial charge in [-0.2, -0.15) is 5.10 Å². The van der Waals surface area contributed by atoms with Gasteiger partial charge < -0.3 is 0 Å². The van der Waals surface area contributed by atoms with Crippen LogP contribution in [-0.4, -0.2) is 34.4 Å². The minimum absolute atomic E-state index is 0.0872. The molecule has 8 heteroatoms. The molecular formula is C12H10N4O3S. The fourth-order valence-corrected chi connectivity index (χ4v) is 2.49. The van der Waals surface area contributed by atoms with E-state index in [1.165, 1.54) is 22.9 Å². The number of hydrogen-bond donors (Lipinski definition) is 1. The van der Waals surface area contributed by atoms with E-state index in [2.05, 4.69) is 15.1 Å². The molecule has 2 heterocycles. The predicted octanol–water partition coefficient (Wildman–Crippen LogP) is 0.512. The maximum Gasteiger partial charge on any atom is 0.260 e. The summed E-state index contributed by atoms with van der Waals surface area (Å²) in [6.07, 6.45) is 4.31. The van der Waals surface area contributed by atoms with Crippen molar-refractivity contribution in [1.82, 2.24) is 19.7 Å². The Bertz CT molecular complexity index is 942. The molecule has 0 unspecified atom stereocenters. The highest BCUT2D eigenvalue weighted by molar-refractivity contribution is 7.90. The van der Waals surface area contributed by atoms with Crippen molar-refractivity contribution in [1.29, 1.82) is 0 Å². The number of benzene rings is 1. The topological polar surface area (TPSA) is 97.7 Å². The molecule has 3 rings (SSSR count). The van der Waals surface area contributed by atoms with Gasteiger partial charge in [0.25, 0.3) is 5.56 Å². The highest BCUT2D eigenvalue weighted by Gasteiger charge is 2.11. The molecule has 0 bridgehead atoms. The van der Waals surface area contributed by atoms with Gasteiger partial charge in [0.05, 0.1) is 15.8 Å². The minimum Gasteiger partial charge on any atom is -0.290 e. The van der Waals surface area contributed by atoms with E-state index in [0.29, 0.717) is 5.52 Å². The summed E-state index contributed by atoms with van der Waals surface area (Å²) in [5.41, 5.74) is -0.00218. The Kier molecular flexibility index (Phi) is 2.68. The Morgan fingerprint density at radius 2 is 2.10 bits per heavy atom. The molecule has 1 aromatic carbocycles. The van der Waals surface area contributed by atoms with E-state index in [9.17, 15) is 13.2 Å². The third kappa shape index (κ3) is 2.10. The molecule has 0 fully saturated rings. The number of sulfone groups is 1. The maximum absolute atomic E-state index is 12.0. The summed E-state index contributed by atoms with van der Waals surface area (Å²) in [5, 5.41) is 4.21. The molecular weight excluding hydrogens is 280 g/mol. The molecule has 2 aromatic heterocycles. The monoisotopic (exact) mass is 290 g/mol. The van der Waals surface area contributed by atoms with E-state index < -0.39 is 15.4 Å². The summed E-state index contributed by atoms with van der Waals surface area (Å²) < 4.78 is 24.4. The molecule has 20 heavy (non-hydrogen) atoms. The lowest BCUT2D eigenvalue weighted by Gasteiger charge is -2.04. The number of hydrogen-bond acceptors (Lipinski definition) is 5. The Morgan fingerprint density at radius 3 is 2.75 bits per heavy atom. The van der Waals surface area contributed by atoms with Crippen molar-refractivity contribution < 1.29 is 8.42 Å². The lowest BCUT2D eigenvalue weighted by atomic mass is 10.2. The molecule has 0 saturated heterocycles. The largest absolute Gasteiger partial charge is 0.290 e. The van der Waals surface area contributed by atoms with Gasteiger partial charge in [-0.3, -0.25) is 9.78 Å². The molecule has 0 atom stereocenters. The van der Waals surface area contributed by atoms with Crippen LogP contribution in [0.5, 0.6) is 0 Å². The molecule has 0 aliphatic rings. The molecule has 3 aromatic rings. The van der Waals surface area contributed by atoms with Crippen LogP contribution in [0.25, 0.3) is 16.9 Å². The van der Waals surface area contributed by atoms with Crippen molar-refractivity contribution in [3.8, 4) is 5.95 Å². The first-order valence-electron chi connectivity index (χ1n) is 5.69. The fraction of sp³-hybridized carbons (Fsp3) is 0.0833. The molecule has 1 N–H and O–H groups in total. The van der Waals surface area contributed by atoms with Crippen LogP contribution in [0.1, 0.15) is 0 Å². The van der Waals surface area contributed by atoms with Crippen LogP contribution in [0, 0.1) is 0 Å². The SMILES string of the molecule is CS(=O)(=O)c1ccc2nc(-n3cccn3)[nH]c(=O)c2c1. The van der Waals surface area contributed by atoms with Gasteiger partial charge in [-0.1, -0.05) is 0 Å². The zero-order valence-electron chi connectivity index (χ0n) is 10.4. The zero-order chi connectivity index (χ0) is 14.3. The van der Waals surface area contributed by atoms with Crippen molar-refractivity contribution in [2.24, 2.45) is 0 Å². The number of fused-ring (bicyclic) bond motifs is 1. The number of aromatic nitrogens is 4. The number of nitrogens with zero attached hydrogens (tertiary/aromatic N) is 3. The first-order valence-corrected chi connectivity index (χ1v) is 7.58. The van der Waals surface area contributed by atoms with E-state index in [1.54, 1.807) is 18.5 Å². The van der Waals surface area contributed by atoms with Gasteiger partial charge >= 0.3 is 0 Å². The van der Waals surface area contributed by atoms with Gasteiger partial charge in [-0.05, 0) is 24.3 Å². The van der Waals surface area contributed by atoms with Crippen LogP contribution in [0.3, 0.4) is 0 Å². The smallest absolute Gasteiger partial charge is 0.260 e. The van der Waals surface area contributed by atoms with E-state index in [-0.39, 0.29) is 16.2 Å². The summed E-state index contributed by atoms with van der Waals surface area (Å²) in [5.74, 6) is 0.277. The van der Waals surface area contributed by atoms with Gasteiger partial charge in [0.2, 0.25) is 5.95 Å².